The molecule has 1 aromatic carbocycles. The molecule has 0 spiro atoms. The number of hydrogen-bond donors (Lipinski definition) is 1. The molecule has 1 aliphatic rings. The number of esters is 1. The van der Waals surface area contributed by atoms with Crippen molar-refractivity contribution >= 4 is 40.5 Å². The Morgan fingerprint density at radius 1 is 1.33 bits per heavy atom. The SMILES string of the molecule is COC(=O)COc1c(I)cc(/C=C(/C#N)C(=O)NC2CCCC2)cc1OC. The zero-order valence-electron chi connectivity index (χ0n) is 15.2. The number of carbonyl (C=O) groups is 2. The van der Waals surface area contributed by atoms with Crippen LogP contribution in [0, 0.1) is 14.9 Å². The maximum Gasteiger partial charge on any atom is 0.343 e. The summed E-state index contributed by atoms with van der Waals surface area (Å²) in [6, 6.07) is 5.49. The van der Waals surface area contributed by atoms with Crippen LogP contribution in [0.15, 0.2) is 17.7 Å². The minimum Gasteiger partial charge on any atom is -0.493 e. The van der Waals surface area contributed by atoms with Gasteiger partial charge in [0.2, 0.25) is 0 Å². The van der Waals surface area contributed by atoms with Gasteiger partial charge in [-0.3, -0.25) is 4.79 Å². The second-order valence-corrected chi connectivity index (χ2v) is 7.19. The molecule has 2 rings (SSSR count). The first-order chi connectivity index (χ1) is 13.0. The van der Waals surface area contributed by atoms with E-state index in [-0.39, 0.29) is 24.1 Å². The van der Waals surface area contributed by atoms with Gasteiger partial charge in [-0.2, -0.15) is 5.26 Å². The van der Waals surface area contributed by atoms with Gasteiger partial charge in [0.25, 0.3) is 5.91 Å². The normalized spacial score (nSPS) is 14.4. The Bertz CT molecular complexity index is 779. The minimum absolute atomic E-state index is 0.0305. The maximum absolute atomic E-state index is 12.3. The van der Waals surface area contributed by atoms with Gasteiger partial charge in [-0.05, 0) is 59.2 Å². The van der Waals surface area contributed by atoms with E-state index in [0.29, 0.717) is 20.6 Å². The summed E-state index contributed by atoms with van der Waals surface area (Å²) in [5.41, 5.74) is 0.655. The maximum atomic E-state index is 12.3. The van der Waals surface area contributed by atoms with Crippen LogP contribution in [0.1, 0.15) is 31.2 Å². The van der Waals surface area contributed by atoms with Crippen LogP contribution in [0.2, 0.25) is 0 Å². The number of benzene rings is 1. The van der Waals surface area contributed by atoms with Crippen LogP contribution in [0.3, 0.4) is 0 Å². The zero-order valence-corrected chi connectivity index (χ0v) is 17.4. The molecule has 7 nitrogen and oxygen atoms in total. The number of rotatable bonds is 7. The molecule has 144 valence electrons. The average molecular weight is 484 g/mol. The van der Waals surface area contributed by atoms with Crippen LogP contribution < -0.4 is 14.8 Å². The molecule has 0 aliphatic heterocycles. The van der Waals surface area contributed by atoms with E-state index in [0.717, 1.165) is 25.7 Å². The fourth-order valence-electron chi connectivity index (χ4n) is 2.80. The molecule has 0 heterocycles. The van der Waals surface area contributed by atoms with E-state index in [4.69, 9.17) is 9.47 Å². The lowest BCUT2D eigenvalue weighted by Crippen LogP contribution is -2.33. The molecular formula is C19H21IN2O5. The van der Waals surface area contributed by atoms with Gasteiger partial charge in [-0.1, -0.05) is 12.8 Å². The molecule has 0 aromatic heterocycles. The summed E-state index contributed by atoms with van der Waals surface area (Å²) in [7, 11) is 2.75. The monoisotopic (exact) mass is 484 g/mol. The summed E-state index contributed by atoms with van der Waals surface area (Å²) in [6.45, 7) is -0.245. The molecule has 27 heavy (non-hydrogen) atoms. The third kappa shape index (κ3) is 5.85. The van der Waals surface area contributed by atoms with E-state index < -0.39 is 5.97 Å². The largest absolute Gasteiger partial charge is 0.493 e. The summed E-state index contributed by atoms with van der Waals surface area (Å²) >= 11 is 2.04. The topological polar surface area (TPSA) is 97.7 Å². The Morgan fingerprint density at radius 2 is 2.04 bits per heavy atom. The molecule has 1 amide bonds. The highest BCUT2D eigenvalue weighted by Crippen LogP contribution is 2.34. The highest BCUT2D eigenvalue weighted by Gasteiger charge is 2.20. The summed E-state index contributed by atoms with van der Waals surface area (Å²) in [5.74, 6) is -0.0864. The van der Waals surface area contributed by atoms with Crippen molar-refractivity contribution in [2.24, 2.45) is 0 Å². The van der Waals surface area contributed by atoms with E-state index in [1.807, 2.05) is 28.7 Å². The van der Waals surface area contributed by atoms with Crippen LogP contribution in [0.25, 0.3) is 6.08 Å². The molecule has 1 aromatic rings. The Hall–Kier alpha value is -2.28. The van der Waals surface area contributed by atoms with E-state index in [2.05, 4.69) is 10.1 Å². The van der Waals surface area contributed by atoms with Crippen LogP contribution in [0.5, 0.6) is 11.5 Å². The van der Waals surface area contributed by atoms with Gasteiger partial charge in [-0.25, -0.2) is 4.79 Å². The summed E-state index contributed by atoms with van der Waals surface area (Å²) < 4.78 is 16.0. The van der Waals surface area contributed by atoms with E-state index in [9.17, 15) is 14.9 Å². The number of nitrogens with zero attached hydrogens (tertiary/aromatic N) is 1. The van der Waals surface area contributed by atoms with Crippen molar-refractivity contribution in [3.05, 3.63) is 26.8 Å². The minimum atomic E-state index is -0.507. The van der Waals surface area contributed by atoms with Gasteiger partial charge in [0.15, 0.2) is 18.1 Å². The molecule has 1 fully saturated rings. The van der Waals surface area contributed by atoms with Crippen molar-refractivity contribution in [2.45, 2.75) is 31.7 Å². The molecule has 8 heteroatoms. The van der Waals surface area contributed by atoms with Crippen LogP contribution in [0.4, 0.5) is 0 Å². The lowest BCUT2D eigenvalue weighted by atomic mass is 10.1. The van der Waals surface area contributed by atoms with E-state index >= 15 is 0 Å². The molecule has 0 saturated heterocycles. The lowest BCUT2D eigenvalue weighted by Gasteiger charge is -2.13. The van der Waals surface area contributed by atoms with Crippen molar-refractivity contribution in [1.82, 2.24) is 5.32 Å². The molecule has 0 unspecified atom stereocenters. The van der Waals surface area contributed by atoms with Crippen molar-refractivity contribution in [2.75, 3.05) is 20.8 Å². The van der Waals surface area contributed by atoms with Crippen molar-refractivity contribution in [3.8, 4) is 17.6 Å². The van der Waals surface area contributed by atoms with Crippen molar-refractivity contribution in [3.63, 3.8) is 0 Å². The van der Waals surface area contributed by atoms with Gasteiger partial charge in [-0.15, -0.1) is 0 Å². The fourth-order valence-corrected chi connectivity index (χ4v) is 3.58. The second kappa shape index (κ2) is 10.2. The first-order valence-electron chi connectivity index (χ1n) is 8.48. The Morgan fingerprint density at radius 3 is 2.63 bits per heavy atom. The number of ether oxygens (including phenoxy) is 3. The third-order valence-electron chi connectivity index (χ3n) is 4.18. The third-order valence-corrected chi connectivity index (χ3v) is 4.98. The molecular weight excluding hydrogens is 463 g/mol. The standard InChI is InChI=1S/C19H21IN2O5/c1-25-16-9-12(8-15(20)18(16)27-11-17(23)26-2)7-13(10-21)19(24)22-14-5-3-4-6-14/h7-9,14H,3-6,11H2,1-2H3,(H,22,24)/b13-7-. The predicted octanol–water partition coefficient (Wildman–Crippen LogP) is 2.82. The van der Waals surface area contributed by atoms with Crippen molar-refractivity contribution in [1.29, 1.82) is 5.26 Å². The average Bonchev–Trinajstić information content (AvgIpc) is 3.17. The van der Waals surface area contributed by atoms with Crippen LogP contribution in [-0.2, 0) is 14.3 Å². The number of hydrogen-bond acceptors (Lipinski definition) is 6. The van der Waals surface area contributed by atoms with Crippen LogP contribution in [-0.4, -0.2) is 38.7 Å². The Kier molecular flexibility index (Phi) is 7.91. The number of nitrogens with one attached hydrogen (secondary N) is 1. The summed E-state index contributed by atoms with van der Waals surface area (Å²) in [4.78, 5) is 23.6. The molecule has 1 saturated carbocycles. The molecule has 0 bridgehead atoms. The smallest absolute Gasteiger partial charge is 0.343 e. The Labute approximate surface area is 171 Å². The number of amides is 1. The molecule has 1 N–H and O–H groups in total. The first kappa shape index (κ1) is 21.0. The van der Waals surface area contributed by atoms with Crippen LogP contribution >= 0.6 is 22.6 Å². The van der Waals surface area contributed by atoms with Gasteiger partial charge < -0.3 is 19.5 Å². The first-order valence-corrected chi connectivity index (χ1v) is 9.56. The molecule has 0 radical (unpaired) electrons. The summed E-state index contributed by atoms with van der Waals surface area (Å²) in [5, 5.41) is 12.3. The lowest BCUT2D eigenvalue weighted by molar-refractivity contribution is -0.143. The number of methoxy groups -OCH3 is 2. The van der Waals surface area contributed by atoms with Gasteiger partial charge in [0.1, 0.15) is 11.6 Å². The van der Waals surface area contributed by atoms with E-state index in [1.54, 1.807) is 12.1 Å². The fraction of sp³-hybridized carbons (Fsp3) is 0.421. The quantitative estimate of drug-likeness (QED) is 0.277. The number of carbonyl (C=O) groups excluding carboxylic acids is 2. The van der Waals surface area contributed by atoms with Crippen molar-refractivity contribution < 1.29 is 23.8 Å². The van der Waals surface area contributed by atoms with Gasteiger partial charge >= 0.3 is 5.97 Å². The summed E-state index contributed by atoms with van der Waals surface area (Å²) in [6.07, 6.45) is 5.60. The predicted molar refractivity (Wildman–Crippen MR) is 107 cm³/mol. The van der Waals surface area contributed by atoms with Gasteiger partial charge in [0, 0.05) is 6.04 Å². The highest BCUT2D eigenvalue weighted by molar-refractivity contribution is 14.1. The number of nitriles is 1. The van der Waals surface area contributed by atoms with Gasteiger partial charge in [0.05, 0.1) is 17.8 Å². The number of halogens is 1. The molecule has 0 atom stereocenters. The van der Waals surface area contributed by atoms with E-state index in [1.165, 1.54) is 20.3 Å². The highest BCUT2D eigenvalue weighted by atomic mass is 127. The molecule has 1 aliphatic carbocycles. The Balaban J connectivity index is 2.21. The zero-order chi connectivity index (χ0) is 19.8. The second-order valence-electron chi connectivity index (χ2n) is 6.02.